The molecule has 1 N–H and O–H groups in total. The van der Waals surface area contributed by atoms with Crippen LogP contribution in [0.4, 0.5) is 4.79 Å². The molecule has 2 fully saturated rings. The molecular weight excluding hydrogens is 220 g/mol. The van der Waals surface area contributed by atoms with Crippen LogP contribution in [0.3, 0.4) is 0 Å². The number of carbonyl (C=O) groups excluding carboxylic acids is 2. The van der Waals surface area contributed by atoms with Crippen molar-refractivity contribution in [3.63, 3.8) is 0 Å². The Balaban J connectivity index is 1.87. The number of piperidine rings is 1. The summed E-state index contributed by atoms with van der Waals surface area (Å²) in [7, 11) is 0. The number of β-lactam (4-membered cyclic amide) rings is 1. The number of rotatable bonds is 1. The van der Waals surface area contributed by atoms with Gasteiger partial charge in [0.25, 0.3) is 0 Å². The van der Waals surface area contributed by atoms with E-state index in [-0.39, 0.29) is 18.0 Å². The predicted molar refractivity (Wildman–Crippen MR) is 62.5 cm³/mol. The molecule has 2 heterocycles. The number of amides is 2. The molecule has 2 amide bonds. The van der Waals surface area contributed by atoms with E-state index < -0.39 is 11.7 Å². The Morgan fingerprint density at radius 2 is 2.12 bits per heavy atom. The van der Waals surface area contributed by atoms with Gasteiger partial charge in [0.1, 0.15) is 11.6 Å². The van der Waals surface area contributed by atoms with Gasteiger partial charge in [0.2, 0.25) is 5.91 Å². The maximum atomic E-state index is 11.8. The largest absolute Gasteiger partial charge is 0.444 e. The van der Waals surface area contributed by atoms with Crippen molar-refractivity contribution in [2.75, 3.05) is 6.54 Å². The van der Waals surface area contributed by atoms with Crippen molar-refractivity contribution in [2.24, 2.45) is 0 Å². The van der Waals surface area contributed by atoms with Crippen LogP contribution in [-0.4, -0.2) is 41.1 Å². The lowest BCUT2D eigenvalue weighted by molar-refractivity contribution is -0.153. The number of nitrogens with one attached hydrogen (secondary N) is 1. The fourth-order valence-electron chi connectivity index (χ4n) is 2.43. The Morgan fingerprint density at radius 1 is 1.41 bits per heavy atom. The third-order valence-corrected chi connectivity index (χ3v) is 3.16. The predicted octanol–water partition coefficient (Wildman–Crippen LogP) is 1.27. The van der Waals surface area contributed by atoms with Crippen molar-refractivity contribution in [3.05, 3.63) is 0 Å². The fraction of sp³-hybridized carbons (Fsp3) is 0.833. The lowest BCUT2D eigenvalue weighted by Gasteiger charge is -2.49. The first kappa shape index (κ1) is 12.2. The lowest BCUT2D eigenvalue weighted by Crippen LogP contribution is -2.71. The summed E-state index contributed by atoms with van der Waals surface area (Å²) in [6.45, 7) is 6.25. The Hall–Kier alpha value is -1.26. The molecule has 0 unspecified atom stereocenters. The molecule has 0 spiro atoms. The Bertz CT molecular complexity index is 335. The third-order valence-electron chi connectivity index (χ3n) is 3.16. The van der Waals surface area contributed by atoms with Crippen molar-refractivity contribution in [3.8, 4) is 0 Å². The van der Waals surface area contributed by atoms with Crippen molar-refractivity contribution in [2.45, 2.75) is 57.7 Å². The number of alkyl carbamates (subject to hydrolysis) is 1. The van der Waals surface area contributed by atoms with Crippen LogP contribution in [0.25, 0.3) is 0 Å². The molecule has 5 heteroatoms. The highest BCUT2D eigenvalue weighted by molar-refractivity contribution is 5.92. The summed E-state index contributed by atoms with van der Waals surface area (Å²) >= 11 is 0. The highest BCUT2D eigenvalue weighted by Crippen LogP contribution is 2.29. The molecule has 0 bridgehead atoms. The monoisotopic (exact) mass is 240 g/mol. The summed E-state index contributed by atoms with van der Waals surface area (Å²) in [6, 6.07) is -0.186. The van der Waals surface area contributed by atoms with Crippen LogP contribution >= 0.6 is 0 Å². The minimum atomic E-state index is -0.525. The second-order valence-electron chi connectivity index (χ2n) is 5.72. The number of hydrogen-bond acceptors (Lipinski definition) is 3. The summed E-state index contributed by atoms with van der Waals surface area (Å²) < 4.78 is 5.15. The molecule has 2 aliphatic rings. The van der Waals surface area contributed by atoms with E-state index >= 15 is 0 Å². The number of hydrogen-bond donors (Lipinski definition) is 1. The number of fused-ring (bicyclic) bond motifs is 1. The highest BCUT2D eigenvalue weighted by atomic mass is 16.6. The Labute approximate surface area is 101 Å². The molecule has 2 aliphatic heterocycles. The summed E-state index contributed by atoms with van der Waals surface area (Å²) in [6.07, 6.45) is 2.68. The van der Waals surface area contributed by atoms with Crippen LogP contribution in [0, 0.1) is 0 Å². The van der Waals surface area contributed by atoms with Crippen LogP contribution in [-0.2, 0) is 9.53 Å². The van der Waals surface area contributed by atoms with Gasteiger partial charge in [0, 0.05) is 6.54 Å². The minimum Gasteiger partial charge on any atom is -0.444 e. The molecule has 0 aromatic carbocycles. The van der Waals surface area contributed by atoms with Gasteiger partial charge in [-0.25, -0.2) is 4.79 Å². The van der Waals surface area contributed by atoms with Crippen molar-refractivity contribution in [1.82, 2.24) is 10.2 Å². The van der Waals surface area contributed by atoms with E-state index in [1.807, 2.05) is 25.7 Å². The summed E-state index contributed by atoms with van der Waals surface area (Å²) in [5, 5.41) is 2.67. The highest BCUT2D eigenvalue weighted by Gasteiger charge is 2.49. The molecule has 2 atom stereocenters. The maximum Gasteiger partial charge on any atom is 0.408 e. The summed E-state index contributed by atoms with van der Waals surface area (Å²) in [4.78, 5) is 25.2. The standard InChI is InChI=1S/C12H20N2O3/c1-12(2,3)17-11(16)13-9-8-6-4-5-7-14(8)10(9)15/h8-9H,4-7H2,1-3H3,(H,13,16)/t8-,9+/m0/s1. The van der Waals surface area contributed by atoms with E-state index in [1.165, 1.54) is 0 Å². The van der Waals surface area contributed by atoms with E-state index in [9.17, 15) is 9.59 Å². The quantitative estimate of drug-likeness (QED) is 0.702. The first-order valence-corrected chi connectivity index (χ1v) is 6.18. The van der Waals surface area contributed by atoms with E-state index in [4.69, 9.17) is 4.74 Å². The molecule has 0 aromatic rings. The summed E-state index contributed by atoms with van der Waals surface area (Å²) in [5.74, 6) is 0.0283. The van der Waals surface area contributed by atoms with Gasteiger partial charge < -0.3 is 15.0 Å². The van der Waals surface area contributed by atoms with E-state index in [0.717, 1.165) is 25.8 Å². The Kier molecular flexibility index (Phi) is 3.02. The molecule has 96 valence electrons. The first-order valence-electron chi connectivity index (χ1n) is 6.18. The van der Waals surface area contributed by atoms with Crippen LogP contribution in [0.5, 0.6) is 0 Å². The van der Waals surface area contributed by atoms with Gasteiger partial charge in [-0.2, -0.15) is 0 Å². The average Bonchev–Trinajstić information content (AvgIpc) is 2.23. The fourth-order valence-corrected chi connectivity index (χ4v) is 2.43. The zero-order chi connectivity index (χ0) is 12.6. The normalized spacial score (nSPS) is 28.2. The average molecular weight is 240 g/mol. The lowest BCUT2D eigenvalue weighted by atomic mass is 9.86. The van der Waals surface area contributed by atoms with Crippen molar-refractivity contribution < 1.29 is 14.3 Å². The zero-order valence-electron chi connectivity index (χ0n) is 10.7. The molecule has 17 heavy (non-hydrogen) atoms. The Morgan fingerprint density at radius 3 is 2.76 bits per heavy atom. The number of carbonyl (C=O) groups is 2. The van der Waals surface area contributed by atoms with Crippen molar-refractivity contribution >= 4 is 12.0 Å². The summed E-state index contributed by atoms with van der Waals surface area (Å²) in [5.41, 5.74) is -0.525. The van der Waals surface area contributed by atoms with Crippen LogP contribution < -0.4 is 5.32 Å². The zero-order valence-corrected chi connectivity index (χ0v) is 10.7. The number of nitrogens with zero attached hydrogens (tertiary/aromatic N) is 1. The van der Waals surface area contributed by atoms with Crippen LogP contribution in [0.15, 0.2) is 0 Å². The maximum absolute atomic E-state index is 11.8. The molecular formula is C12H20N2O3. The molecule has 0 aromatic heterocycles. The van der Waals surface area contributed by atoms with Gasteiger partial charge in [0.05, 0.1) is 6.04 Å². The first-order chi connectivity index (χ1) is 7.88. The van der Waals surface area contributed by atoms with Gasteiger partial charge in [0.15, 0.2) is 0 Å². The van der Waals surface area contributed by atoms with Gasteiger partial charge in [-0.15, -0.1) is 0 Å². The van der Waals surface area contributed by atoms with Gasteiger partial charge >= 0.3 is 6.09 Å². The molecule has 5 nitrogen and oxygen atoms in total. The smallest absolute Gasteiger partial charge is 0.408 e. The second-order valence-corrected chi connectivity index (χ2v) is 5.72. The molecule has 2 saturated heterocycles. The van der Waals surface area contributed by atoms with Gasteiger partial charge in [-0.05, 0) is 40.0 Å². The van der Waals surface area contributed by atoms with E-state index in [0.29, 0.717) is 0 Å². The third kappa shape index (κ3) is 2.53. The van der Waals surface area contributed by atoms with E-state index in [2.05, 4.69) is 5.32 Å². The molecule has 0 radical (unpaired) electrons. The van der Waals surface area contributed by atoms with Crippen molar-refractivity contribution in [1.29, 1.82) is 0 Å². The van der Waals surface area contributed by atoms with Gasteiger partial charge in [-0.3, -0.25) is 4.79 Å². The van der Waals surface area contributed by atoms with E-state index in [1.54, 1.807) is 0 Å². The molecule has 2 rings (SSSR count). The SMILES string of the molecule is CC(C)(C)OC(=O)N[C@H]1C(=O)N2CCCC[C@@H]12. The van der Waals surface area contributed by atoms with Gasteiger partial charge in [-0.1, -0.05) is 0 Å². The van der Waals surface area contributed by atoms with Crippen LogP contribution in [0.1, 0.15) is 40.0 Å². The molecule has 0 saturated carbocycles. The topological polar surface area (TPSA) is 58.6 Å². The number of ether oxygens (including phenoxy) is 1. The van der Waals surface area contributed by atoms with Crippen LogP contribution in [0.2, 0.25) is 0 Å². The molecule has 0 aliphatic carbocycles. The minimum absolute atomic E-state index is 0.0283. The second kappa shape index (κ2) is 4.20.